The summed E-state index contributed by atoms with van der Waals surface area (Å²) >= 11 is 0. The molecule has 112 valence electrons. The lowest BCUT2D eigenvalue weighted by molar-refractivity contribution is -0.141. The van der Waals surface area contributed by atoms with Crippen molar-refractivity contribution in [3.05, 3.63) is 29.3 Å². The van der Waals surface area contributed by atoms with E-state index in [0.29, 0.717) is 12.0 Å². The highest BCUT2D eigenvalue weighted by Gasteiger charge is 2.22. The molecule has 0 heterocycles. The lowest BCUT2D eigenvalue weighted by atomic mass is 10.2. The van der Waals surface area contributed by atoms with Gasteiger partial charge in [-0.3, -0.25) is 4.79 Å². The highest BCUT2D eigenvalue weighted by Crippen LogP contribution is 2.17. The van der Waals surface area contributed by atoms with Gasteiger partial charge in [-0.1, -0.05) is 19.1 Å². The topological polar surface area (TPSA) is 72.5 Å². The van der Waals surface area contributed by atoms with Gasteiger partial charge in [0.2, 0.25) is 10.0 Å². The van der Waals surface area contributed by atoms with Crippen molar-refractivity contribution in [3.8, 4) is 0 Å². The Bertz CT molecular complexity index is 581. The van der Waals surface area contributed by atoms with Crippen LogP contribution in [0.25, 0.3) is 0 Å². The van der Waals surface area contributed by atoms with E-state index in [1.165, 1.54) is 7.11 Å². The fraction of sp³-hybridized carbons (Fsp3) is 0.500. The summed E-state index contributed by atoms with van der Waals surface area (Å²) in [5.74, 6) is -0.430. The van der Waals surface area contributed by atoms with Gasteiger partial charge < -0.3 is 4.74 Å². The summed E-state index contributed by atoms with van der Waals surface area (Å²) in [6.45, 7) is 5.40. The molecule has 1 rings (SSSR count). The second-order valence-electron chi connectivity index (χ2n) is 4.78. The van der Waals surface area contributed by atoms with Gasteiger partial charge in [0.05, 0.1) is 18.4 Å². The Balaban J connectivity index is 2.98. The molecule has 0 aliphatic heterocycles. The quantitative estimate of drug-likeness (QED) is 0.815. The molecule has 1 N–H and O–H groups in total. The van der Waals surface area contributed by atoms with Gasteiger partial charge in [0.15, 0.2) is 0 Å². The Morgan fingerprint density at radius 2 is 2.00 bits per heavy atom. The smallest absolute Gasteiger partial charge is 0.307 e. The zero-order valence-electron chi connectivity index (χ0n) is 12.3. The van der Waals surface area contributed by atoms with Crippen LogP contribution < -0.4 is 4.72 Å². The molecule has 20 heavy (non-hydrogen) atoms. The molecule has 0 aliphatic carbocycles. The number of hydrogen-bond donors (Lipinski definition) is 1. The van der Waals surface area contributed by atoms with Crippen molar-refractivity contribution in [2.45, 2.75) is 44.6 Å². The molecule has 0 fully saturated rings. The normalized spacial score (nSPS) is 13.0. The predicted octanol–water partition coefficient (Wildman–Crippen LogP) is 1.92. The third-order valence-electron chi connectivity index (χ3n) is 3.09. The highest BCUT2D eigenvalue weighted by atomic mass is 32.2. The molecule has 0 aromatic heterocycles. The summed E-state index contributed by atoms with van der Waals surface area (Å²) in [4.78, 5) is 11.5. The molecule has 1 unspecified atom stereocenters. The van der Waals surface area contributed by atoms with Gasteiger partial charge in [0.1, 0.15) is 0 Å². The molecular weight excluding hydrogens is 278 g/mol. The maximum atomic E-state index is 12.4. The molecule has 0 bridgehead atoms. The van der Waals surface area contributed by atoms with Gasteiger partial charge >= 0.3 is 5.97 Å². The van der Waals surface area contributed by atoms with E-state index in [2.05, 4.69) is 9.46 Å². The van der Waals surface area contributed by atoms with Crippen molar-refractivity contribution in [2.24, 2.45) is 0 Å². The molecule has 0 saturated heterocycles. The monoisotopic (exact) mass is 299 g/mol. The van der Waals surface area contributed by atoms with Gasteiger partial charge in [-0.25, -0.2) is 13.1 Å². The number of ether oxygens (including phenoxy) is 1. The summed E-state index contributed by atoms with van der Waals surface area (Å²) in [5.41, 5.74) is 1.55. The Morgan fingerprint density at radius 1 is 1.35 bits per heavy atom. The minimum absolute atomic E-state index is 0.0249. The lowest BCUT2D eigenvalue weighted by Gasteiger charge is -2.17. The molecule has 0 radical (unpaired) electrons. The fourth-order valence-corrected chi connectivity index (χ4v) is 3.48. The zero-order valence-corrected chi connectivity index (χ0v) is 13.1. The van der Waals surface area contributed by atoms with Crippen molar-refractivity contribution < 1.29 is 17.9 Å². The molecule has 6 heteroatoms. The molecule has 1 atom stereocenters. The number of sulfonamides is 1. The van der Waals surface area contributed by atoms with E-state index >= 15 is 0 Å². The highest BCUT2D eigenvalue weighted by molar-refractivity contribution is 7.89. The average Bonchev–Trinajstić information content (AvgIpc) is 2.40. The molecule has 0 saturated carbocycles. The first-order valence-electron chi connectivity index (χ1n) is 6.46. The largest absolute Gasteiger partial charge is 0.469 e. The van der Waals surface area contributed by atoms with Crippen molar-refractivity contribution in [1.82, 2.24) is 4.72 Å². The van der Waals surface area contributed by atoms with Crippen LogP contribution in [0.15, 0.2) is 23.1 Å². The summed E-state index contributed by atoms with van der Waals surface area (Å²) in [5, 5.41) is 0. The van der Waals surface area contributed by atoms with Crippen molar-refractivity contribution >= 4 is 16.0 Å². The molecule has 0 spiro atoms. The van der Waals surface area contributed by atoms with Crippen LogP contribution in [0.5, 0.6) is 0 Å². The molecule has 0 aliphatic rings. The standard InChI is InChI=1S/C14H21NO4S/c1-5-12(9-14(16)19-4)15-20(17,18)13-8-10(2)6-7-11(13)3/h6-8,12,15H,5,9H2,1-4H3. The number of benzene rings is 1. The van der Waals surface area contributed by atoms with E-state index in [1.807, 2.05) is 19.9 Å². The van der Waals surface area contributed by atoms with E-state index in [9.17, 15) is 13.2 Å². The van der Waals surface area contributed by atoms with Gasteiger partial charge in [0.25, 0.3) is 0 Å². The number of aryl methyl sites for hydroxylation is 2. The van der Waals surface area contributed by atoms with Crippen LogP contribution in [-0.2, 0) is 19.6 Å². The first-order chi connectivity index (χ1) is 9.30. The van der Waals surface area contributed by atoms with E-state index < -0.39 is 22.0 Å². The molecule has 1 aromatic rings. The Labute approximate surface area is 120 Å². The van der Waals surface area contributed by atoms with E-state index in [1.54, 1.807) is 19.1 Å². The zero-order chi connectivity index (χ0) is 15.3. The van der Waals surface area contributed by atoms with Crippen molar-refractivity contribution in [3.63, 3.8) is 0 Å². The number of nitrogens with one attached hydrogen (secondary N) is 1. The third-order valence-corrected chi connectivity index (χ3v) is 4.75. The summed E-state index contributed by atoms with van der Waals surface area (Å²) in [7, 11) is -2.35. The van der Waals surface area contributed by atoms with Gasteiger partial charge in [-0.05, 0) is 37.5 Å². The van der Waals surface area contributed by atoms with E-state index in [-0.39, 0.29) is 11.3 Å². The van der Waals surface area contributed by atoms with Crippen LogP contribution in [0.1, 0.15) is 30.9 Å². The Hall–Kier alpha value is -1.40. The minimum Gasteiger partial charge on any atom is -0.469 e. The van der Waals surface area contributed by atoms with Crippen molar-refractivity contribution in [2.75, 3.05) is 7.11 Å². The maximum Gasteiger partial charge on any atom is 0.307 e. The lowest BCUT2D eigenvalue weighted by Crippen LogP contribution is -2.36. The fourth-order valence-electron chi connectivity index (χ4n) is 1.83. The first-order valence-corrected chi connectivity index (χ1v) is 7.95. The van der Waals surface area contributed by atoms with E-state index in [4.69, 9.17) is 0 Å². The van der Waals surface area contributed by atoms with Crippen LogP contribution in [0.2, 0.25) is 0 Å². The van der Waals surface area contributed by atoms with Crippen LogP contribution in [0.3, 0.4) is 0 Å². The summed E-state index contributed by atoms with van der Waals surface area (Å²) in [6, 6.07) is 4.79. The van der Waals surface area contributed by atoms with Crippen LogP contribution in [-0.4, -0.2) is 27.5 Å². The molecule has 0 amide bonds. The third kappa shape index (κ3) is 4.31. The molecule has 1 aromatic carbocycles. The van der Waals surface area contributed by atoms with Gasteiger partial charge in [-0.15, -0.1) is 0 Å². The number of carbonyl (C=O) groups is 1. The Morgan fingerprint density at radius 3 is 2.55 bits per heavy atom. The predicted molar refractivity (Wildman–Crippen MR) is 76.9 cm³/mol. The second-order valence-corrected chi connectivity index (χ2v) is 6.46. The SMILES string of the molecule is CCC(CC(=O)OC)NS(=O)(=O)c1cc(C)ccc1C. The van der Waals surface area contributed by atoms with Crippen LogP contribution in [0.4, 0.5) is 0 Å². The summed E-state index contributed by atoms with van der Waals surface area (Å²) in [6.07, 6.45) is 0.538. The van der Waals surface area contributed by atoms with Gasteiger partial charge in [-0.2, -0.15) is 0 Å². The number of methoxy groups -OCH3 is 1. The molecular formula is C14H21NO4S. The van der Waals surface area contributed by atoms with Crippen LogP contribution in [0, 0.1) is 13.8 Å². The second kappa shape index (κ2) is 6.85. The van der Waals surface area contributed by atoms with Gasteiger partial charge in [0, 0.05) is 6.04 Å². The minimum atomic E-state index is -3.64. The molecule has 5 nitrogen and oxygen atoms in total. The number of carbonyl (C=O) groups excluding carboxylic acids is 1. The number of rotatable bonds is 6. The van der Waals surface area contributed by atoms with Crippen LogP contribution >= 0.6 is 0 Å². The first kappa shape index (κ1) is 16.7. The number of hydrogen-bond acceptors (Lipinski definition) is 4. The average molecular weight is 299 g/mol. The number of esters is 1. The Kier molecular flexibility index (Phi) is 5.71. The maximum absolute atomic E-state index is 12.4. The van der Waals surface area contributed by atoms with E-state index in [0.717, 1.165) is 5.56 Å². The summed E-state index contributed by atoms with van der Waals surface area (Å²) < 4.78 is 31.9. The van der Waals surface area contributed by atoms with Crippen molar-refractivity contribution in [1.29, 1.82) is 0 Å².